The van der Waals surface area contributed by atoms with E-state index in [9.17, 15) is 4.79 Å². The predicted octanol–water partition coefficient (Wildman–Crippen LogP) is 1.05. The maximum Gasteiger partial charge on any atom is 0.246 e. The molecule has 0 radical (unpaired) electrons. The second kappa shape index (κ2) is 3.10. The maximum absolute atomic E-state index is 11.0. The Kier molecular flexibility index (Phi) is 2.38. The molecule has 0 aliphatic carbocycles. The summed E-state index contributed by atoms with van der Waals surface area (Å²) in [5, 5.41) is 0.116. The molecule has 1 aliphatic rings. The maximum atomic E-state index is 11.0. The molecule has 1 heterocycles. The van der Waals surface area contributed by atoms with Crippen molar-refractivity contribution in [1.82, 2.24) is 4.90 Å². The summed E-state index contributed by atoms with van der Waals surface area (Å²) in [4.78, 5) is 12.7. The molecule has 0 aromatic rings. The molecule has 56 valence electrons. The van der Waals surface area contributed by atoms with Crippen LogP contribution in [0.1, 0.15) is 12.8 Å². The van der Waals surface area contributed by atoms with Crippen LogP contribution in [0.25, 0.3) is 0 Å². The highest BCUT2D eigenvalue weighted by Gasteiger charge is 2.23. The van der Waals surface area contributed by atoms with Crippen molar-refractivity contribution in [3.8, 4) is 0 Å². The van der Waals surface area contributed by atoms with Gasteiger partial charge in [-0.05, 0) is 18.9 Å². The van der Waals surface area contributed by atoms with Gasteiger partial charge in [0.25, 0.3) is 0 Å². The Morgan fingerprint density at radius 2 is 2.50 bits per heavy atom. The van der Waals surface area contributed by atoms with E-state index in [2.05, 4.69) is 19.2 Å². The number of rotatable bonds is 1. The fraction of sp³-hybridized carbons (Fsp3) is 0.571. The van der Waals surface area contributed by atoms with Gasteiger partial charge < -0.3 is 4.90 Å². The number of nitrogens with zero attached hydrogens (tertiary/aromatic N) is 1. The molecule has 1 atom stereocenters. The number of likely N-dealkylation sites (tertiary alicyclic amines) is 1. The van der Waals surface area contributed by atoms with Gasteiger partial charge in [-0.15, -0.1) is 0 Å². The lowest BCUT2D eigenvalue weighted by Crippen LogP contribution is -2.30. The molecule has 0 spiro atoms. The predicted molar refractivity (Wildman–Crippen MR) is 43.9 cm³/mol. The van der Waals surface area contributed by atoms with E-state index in [1.165, 1.54) is 6.08 Å². The van der Waals surface area contributed by atoms with Gasteiger partial charge in [0.15, 0.2) is 0 Å². The number of amides is 1. The van der Waals surface area contributed by atoms with Gasteiger partial charge in [0, 0.05) is 6.54 Å². The quantitative estimate of drug-likeness (QED) is 0.445. The van der Waals surface area contributed by atoms with Crippen molar-refractivity contribution in [3.63, 3.8) is 0 Å². The summed E-state index contributed by atoms with van der Waals surface area (Å²) in [5.74, 6) is -0.00231. The smallest absolute Gasteiger partial charge is 0.246 e. The summed E-state index contributed by atoms with van der Waals surface area (Å²) < 4.78 is 0. The van der Waals surface area contributed by atoms with Crippen molar-refractivity contribution in [1.29, 1.82) is 0 Å². The van der Waals surface area contributed by atoms with E-state index in [-0.39, 0.29) is 11.3 Å². The Morgan fingerprint density at radius 1 is 1.80 bits per heavy atom. The number of hydrogen-bond acceptors (Lipinski definition) is 2. The molecule has 0 aromatic heterocycles. The molecule has 2 nitrogen and oxygen atoms in total. The van der Waals surface area contributed by atoms with Crippen LogP contribution >= 0.6 is 12.6 Å². The first-order valence-electron chi connectivity index (χ1n) is 3.37. The zero-order chi connectivity index (χ0) is 7.56. The molecule has 3 heteroatoms. The Hall–Kier alpha value is -0.440. The minimum atomic E-state index is -0.00231. The van der Waals surface area contributed by atoms with E-state index in [0.717, 1.165) is 19.4 Å². The van der Waals surface area contributed by atoms with Gasteiger partial charge in [-0.2, -0.15) is 12.6 Å². The van der Waals surface area contributed by atoms with Crippen LogP contribution < -0.4 is 0 Å². The van der Waals surface area contributed by atoms with Crippen molar-refractivity contribution in [2.45, 2.75) is 18.2 Å². The fourth-order valence-corrected chi connectivity index (χ4v) is 1.54. The SMILES string of the molecule is C=CC(=O)N1CCCC1S. The molecule has 10 heavy (non-hydrogen) atoms. The van der Waals surface area contributed by atoms with Crippen molar-refractivity contribution in [2.24, 2.45) is 0 Å². The summed E-state index contributed by atoms with van der Waals surface area (Å²) in [6.07, 6.45) is 3.41. The standard InChI is InChI=1S/C7H11NOS/c1-2-6(9)8-5-3-4-7(8)10/h2,7,10H,1,3-5H2. The molecule has 1 saturated heterocycles. The van der Waals surface area contributed by atoms with E-state index in [1.54, 1.807) is 4.90 Å². The largest absolute Gasteiger partial charge is 0.327 e. The van der Waals surface area contributed by atoms with Gasteiger partial charge in [-0.3, -0.25) is 4.79 Å². The zero-order valence-electron chi connectivity index (χ0n) is 5.79. The van der Waals surface area contributed by atoms with Crippen LogP contribution in [0.5, 0.6) is 0 Å². The average molecular weight is 157 g/mol. The highest BCUT2D eigenvalue weighted by Crippen LogP contribution is 2.19. The van der Waals surface area contributed by atoms with Gasteiger partial charge >= 0.3 is 0 Å². The van der Waals surface area contributed by atoms with Gasteiger partial charge in [0.1, 0.15) is 0 Å². The molecule has 1 fully saturated rings. The second-order valence-corrected chi connectivity index (χ2v) is 2.95. The molecule has 1 unspecified atom stereocenters. The van der Waals surface area contributed by atoms with Crippen LogP contribution in [-0.2, 0) is 4.79 Å². The van der Waals surface area contributed by atoms with Crippen molar-refractivity contribution >= 4 is 18.5 Å². The van der Waals surface area contributed by atoms with Crippen LogP contribution in [0.3, 0.4) is 0 Å². The molecular formula is C7H11NOS. The van der Waals surface area contributed by atoms with Crippen molar-refractivity contribution < 1.29 is 4.79 Å². The van der Waals surface area contributed by atoms with E-state index >= 15 is 0 Å². The van der Waals surface area contributed by atoms with E-state index < -0.39 is 0 Å². The topological polar surface area (TPSA) is 20.3 Å². The first-order valence-corrected chi connectivity index (χ1v) is 3.88. The summed E-state index contributed by atoms with van der Waals surface area (Å²) in [6, 6.07) is 0. The number of hydrogen-bond donors (Lipinski definition) is 1. The highest BCUT2D eigenvalue weighted by molar-refractivity contribution is 7.80. The lowest BCUT2D eigenvalue weighted by Gasteiger charge is -2.17. The summed E-state index contributed by atoms with van der Waals surface area (Å²) >= 11 is 4.24. The lowest BCUT2D eigenvalue weighted by molar-refractivity contribution is -0.125. The van der Waals surface area contributed by atoms with Crippen LogP contribution in [0.2, 0.25) is 0 Å². The monoisotopic (exact) mass is 157 g/mol. The van der Waals surface area contributed by atoms with Crippen LogP contribution in [-0.4, -0.2) is 22.7 Å². The Morgan fingerprint density at radius 3 is 2.90 bits per heavy atom. The highest BCUT2D eigenvalue weighted by atomic mass is 32.1. The molecule has 1 rings (SSSR count). The Balaban J connectivity index is 2.54. The summed E-state index contributed by atoms with van der Waals surface area (Å²) in [5.41, 5.74) is 0. The normalized spacial score (nSPS) is 24.9. The van der Waals surface area contributed by atoms with Crippen molar-refractivity contribution in [2.75, 3.05) is 6.54 Å². The average Bonchev–Trinajstić information content (AvgIpc) is 2.34. The van der Waals surface area contributed by atoms with Crippen LogP contribution in [0.4, 0.5) is 0 Å². The molecule has 0 N–H and O–H groups in total. The van der Waals surface area contributed by atoms with Crippen molar-refractivity contribution in [3.05, 3.63) is 12.7 Å². The summed E-state index contributed by atoms with van der Waals surface area (Å²) in [7, 11) is 0. The summed E-state index contributed by atoms with van der Waals surface area (Å²) in [6.45, 7) is 4.25. The number of carbonyl (C=O) groups excluding carboxylic acids is 1. The number of carbonyl (C=O) groups is 1. The van der Waals surface area contributed by atoms with E-state index in [1.807, 2.05) is 0 Å². The number of thiol groups is 1. The lowest BCUT2D eigenvalue weighted by atomic mass is 10.4. The molecule has 1 aliphatic heterocycles. The van der Waals surface area contributed by atoms with Gasteiger partial charge in [0.2, 0.25) is 5.91 Å². The molecule has 0 bridgehead atoms. The third-order valence-electron chi connectivity index (χ3n) is 1.68. The van der Waals surface area contributed by atoms with Gasteiger partial charge in [-0.1, -0.05) is 6.58 Å². The third-order valence-corrected chi connectivity index (χ3v) is 2.22. The van der Waals surface area contributed by atoms with E-state index in [0.29, 0.717) is 0 Å². The van der Waals surface area contributed by atoms with Gasteiger partial charge in [-0.25, -0.2) is 0 Å². The second-order valence-electron chi connectivity index (χ2n) is 2.36. The minimum Gasteiger partial charge on any atom is -0.327 e. The van der Waals surface area contributed by atoms with Gasteiger partial charge in [0.05, 0.1) is 5.37 Å². The van der Waals surface area contributed by atoms with Crippen LogP contribution in [0, 0.1) is 0 Å². The zero-order valence-corrected chi connectivity index (χ0v) is 6.68. The van der Waals surface area contributed by atoms with Crippen LogP contribution in [0.15, 0.2) is 12.7 Å². The van der Waals surface area contributed by atoms with E-state index in [4.69, 9.17) is 0 Å². The Labute approximate surface area is 66.3 Å². The first-order chi connectivity index (χ1) is 4.75. The molecule has 0 aromatic carbocycles. The fourth-order valence-electron chi connectivity index (χ4n) is 1.12. The Bertz CT molecular complexity index is 158. The third kappa shape index (κ3) is 1.34. The molecule has 1 amide bonds. The first kappa shape index (κ1) is 7.66. The minimum absolute atomic E-state index is 0.00231. The molecule has 0 saturated carbocycles. The molecular weight excluding hydrogens is 146 g/mol.